The Labute approximate surface area is 164 Å². The Morgan fingerprint density at radius 2 is 1.57 bits per heavy atom. The van der Waals surface area contributed by atoms with Gasteiger partial charge in [-0.2, -0.15) is 0 Å². The second kappa shape index (κ2) is 6.80. The average molecular weight is 392 g/mol. The van der Waals surface area contributed by atoms with Crippen LogP contribution in [0.25, 0.3) is 11.1 Å². The molecule has 142 valence electrons. The number of nitrogens with one attached hydrogen (secondary N) is 1. The van der Waals surface area contributed by atoms with Crippen LogP contribution in [0.5, 0.6) is 0 Å². The number of hydrogen-bond acceptors (Lipinski definition) is 3. The summed E-state index contributed by atoms with van der Waals surface area (Å²) in [5.41, 5.74) is 4.67. The van der Waals surface area contributed by atoms with Crippen molar-refractivity contribution in [3.8, 4) is 11.1 Å². The Hall–Kier alpha value is -3.12. The third-order valence-corrected chi connectivity index (χ3v) is 6.90. The van der Waals surface area contributed by atoms with Gasteiger partial charge in [0.1, 0.15) is 6.54 Å². The van der Waals surface area contributed by atoms with E-state index in [1.54, 1.807) is 30.3 Å². The molecule has 4 rings (SSSR count). The number of fused-ring (bicyclic) bond motifs is 3. The normalized spacial score (nSPS) is 14.1. The van der Waals surface area contributed by atoms with Gasteiger partial charge < -0.3 is 5.32 Å². The zero-order valence-corrected chi connectivity index (χ0v) is 16.5. The highest BCUT2D eigenvalue weighted by molar-refractivity contribution is 7.93. The first-order valence-electron chi connectivity index (χ1n) is 8.97. The molecule has 28 heavy (non-hydrogen) atoms. The molecule has 0 saturated carbocycles. The number of nitrogens with zero attached hydrogens (tertiary/aromatic N) is 1. The smallest absolute Gasteiger partial charge is 0.265 e. The van der Waals surface area contributed by atoms with Crippen LogP contribution < -0.4 is 9.62 Å². The van der Waals surface area contributed by atoms with Crippen LogP contribution in [0, 0.1) is 13.8 Å². The fourth-order valence-corrected chi connectivity index (χ4v) is 5.11. The maximum absolute atomic E-state index is 13.2. The summed E-state index contributed by atoms with van der Waals surface area (Å²) in [5.74, 6) is -0.383. The van der Waals surface area contributed by atoms with Crippen LogP contribution >= 0.6 is 0 Å². The molecule has 1 amide bonds. The van der Waals surface area contributed by atoms with Crippen LogP contribution in [0.4, 0.5) is 11.4 Å². The molecule has 3 aromatic rings. The lowest BCUT2D eigenvalue weighted by Gasteiger charge is -2.31. The molecule has 0 unspecified atom stereocenters. The van der Waals surface area contributed by atoms with E-state index in [0.717, 1.165) is 16.7 Å². The predicted molar refractivity (Wildman–Crippen MR) is 111 cm³/mol. The molecule has 0 spiro atoms. The highest BCUT2D eigenvalue weighted by atomic mass is 32.2. The van der Waals surface area contributed by atoms with Gasteiger partial charge in [-0.3, -0.25) is 9.10 Å². The summed E-state index contributed by atoms with van der Waals surface area (Å²) in [7, 11) is -3.83. The van der Waals surface area contributed by atoms with Gasteiger partial charge in [0.05, 0.1) is 10.6 Å². The molecule has 0 aromatic heterocycles. The van der Waals surface area contributed by atoms with E-state index >= 15 is 0 Å². The number of para-hydroxylation sites is 1. The molecule has 6 heteroatoms. The Kier molecular flexibility index (Phi) is 4.43. The van der Waals surface area contributed by atoms with Crippen molar-refractivity contribution in [2.45, 2.75) is 18.7 Å². The highest BCUT2D eigenvalue weighted by Crippen LogP contribution is 2.42. The fraction of sp³-hybridized carbons (Fsp3) is 0.136. The van der Waals surface area contributed by atoms with E-state index in [0.29, 0.717) is 16.9 Å². The minimum Gasteiger partial charge on any atom is -0.324 e. The quantitative estimate of drug-likeness (QED) is 0.729. The largest absolute Gasteiger partial charge is 0.324 e. The second-order valence-corrected chi connectivity index (χ2v) is 8.65. The van der Waals surface area contributed by atoms with Gasteiger partial charge in [-0.15, -0.1) is 0 Å². The lowest BCUT2D eigenvalue weighted by atomic mass is 10.0. The van der Waals surface area contributed by atoms with E-state index in [1.807, 2.05) is 50.2 Å². The van der Waals surface area contributed by atoms with Gasteiger partial charge in [-0.1, -0.05) is 48.5 Å². The summed E-state index contributed by atoms with van der Waals surface area (Å²) in [5, 5.41) is 2.85. The van der Waals surface area contributed by atoms with E-state index in [1.165, 1.54) is 4.31 Å². The molecule has 5 nitrogen and oxygen atoms in total. The molecule has 0 fully saturated rings. The molecule has 1 N–H and O–H groups in total. The summed E-state index contributed by atoms with van der Waals surface area (Å²) in [6.07, 6.45) is 0. The molecular formula is C22H20N2O3S. The number of aryl methyl sites for hydroxylation is 1. The second-order valence-electron chi connectivity index (χ2n) is 6.82. The Morgan fingerprint density at radius 1 is 0.893 bits per heavy atom. The number of carbonyl (C=O) groups is 1. The van der Waals surface area contributed by atoms with Crippen LogP contribution in [0.3, 0.4) is 0 Å². The van der Waals surface area contributed by atoms with Gasteiger partial charge in [-0.25, -0.2) is 8.42 Å². The van der Waals surface area contributed by atoms with E-state index in [4.69, 9.17) is 0 Å². The number of hydrogen-bond donors (Lipinski definition) is 1. The maximum atomic E-state index is 13.2. The van der Waals surface area contributed by atoms with Crippen molar-refractivity contribution < 1.29 is 13.2 Å². The minimum absolute atomic E-state index is 0.216. The number of sulfonamides is 1. The van der Waals surface area contributed by atoms with Crippen LogP contribution in [0.1, 0.15) is 11.1 Å². The SMILES string of the molecule is Cc1cccc(NC(=O)CN2c3ccccc3-c3ccccc3S2(=O)=O)c1C. The summed E-state index contributed by atoms with van der Waals surface area (Å²) in [6, 6.07) is 19.8. The van der Waals surface area contributed by atoms with Gasteiger partial charge in [0.25, 0.3) is 10.0 Å². The number of carbonyl (C=O) groups excluding carboxylic acids is 1. The first kappa shape index (κ1) is 18.3. The third kappa shape index (κ3) is 2.96. The molecular weight excluding hydrogens is 372 g/mol. The number of rotatable bonds is 3. The average Bonchev–Trinajstić information content (AvgIpc) is 2.69. The molecule has 1 heterocycles. The third-order valence-electron chi connectivity index (χ3n) is 5.08. The van der Waals surface area contributed by atoms with Crippen molar-refractivity contribution in [1.29, 1.82) is 0 Å². The van der Waals surface area contributed by atoms with Crippen LogP contribution in [-0.4, -0.2) is 20.9 Å². The molecule has 1 aliphatic rings. The summed E-state index contributed by atoms with van der Waals surface area (Å²) in [6.45, 7) is 3.60. The van der Waals surface area contributed by atoms with Crippen molar-refractivity contribution in [2.24, 2.45) is 0 Å². The van der Waals surface area contributed by atoms with E-state index < -0.39 is 10.0 Å². The molecule has 0 saturated heterocycles. The molecule has 0 bridgehead atoms. The van der Waals surface area contributed by atoms with Crippen LogP contribution in [-0.2, 0) is 14.8 Å². The predicted octanol–water partition coefficient (Wildman–Crippen LogP) is 4.12. The van der Waals surface area contributed by atoms with Gasteiger partial charge in [0.15, 0.2) is 0 Å². The number of anilines is 2. The minimum atomic E-state index is -3.83. The van der Waals surface area contributed by atoms with Crippen LogP contribution in [0.2, 0.25) is 0 Å². The highest BCUT2D eigenvalue weighted by Gasteiger charge is 2.35. The Morgan fingerprint density at radius 3 is 2.36 bits per heavy atom. The van der Waals surface area contributed by atoms with Gasteiger partial charge in [0.2, 0.25) is 5.91 Å². The van der Waals surface area contributed by atoms with E-state index in [2.05, 4.69) is 5.32 Å². The molecule has 1 aliphatic heterocycles. The van der Waals surface area contributed by atoms with Gasteiger partial charge >= 0.3 is 0 Å². The zero-order valence-electron chi connectivity index (χ0n) is 15.6. The summed E-state index contributed by atoms with van der Waals surface area (Å²) >= 11 is 0. The number of benzene rings is 3. The summed E-state index contributed by atoms with van der Waals surface area (Å²) < 4.78 is 27.6. The van der Waals surface area contributed by atoms with Crippen molar-refractivity contribution in [2.75, 3.05) is 16.2 Å². The molecule has 0 atom stereocenters. The maximum Gasteiger partial charge on any atom is 0.265 e. The van der Waals surface area contributed by atoms with Gasteiger partial charge in [0, 0.05) is 16.8 Å². The monoisotopic (exact) mass is 392 g/mol. The number of amides is 1. The van der Waals surface area contributed by atoms with Crippen molar-refractivity contribution in [1.82, 2.24) is 0 Å². The van der Waals surface area contributed by atoms with Crippen molar-refractivity contribution >= 4 is 27.3 Å². The van der Waals surface area contributed by atoms with Gasteiger partial charge in [-0.05, 0) is 43.2 Å². The summed E-state index contributed by atoms with van der Waals surface area (Å²) in [4.78, 5) is 13.0. The molecule has 3 aromatic carbocycles. The standard InChI is InChI=1S/C22H20N2O3S/c1-15-8-7-11-19(16(15)2)23-22(25)14-24-20-12-5-3-9-17(20)18-10-4-6-13-21(18)28(24,26)27/h3-13H,14H2,1-2H3,(H,23,25). The van der Waals surface area contributed by atoms with Crippen LogP contribution in [0.15, 0.2) is 71.6 Å². The Bertz CT molecular complexity index is 1190. The fourth-order valence-electron chi connectivity index (χ4n) is 3.46. The molecule has 0 radical (unpaired) electrons. The zero-order chi connectivity index (χ0) is 19.9. The topological polar surface area (TPSA) is 66.5 Å². The van der Waals surface area contributed by atoms with Crippen molar-refractivity contribution in [3.63, 3.8) is 0 Å². The lowest BCUT2D eigenvalue weighted by molar-refractivity contribution is -0.114. The van der Waals surface area contributed by atoms with E-state index in [-0.39, 0.29) is 17.3 Å². The lowest BCUT2D eigenvalue weighted by Crippen LogP contribution is -2.40. The Balaban J connectivity index is 1.72. The first-order valence-corrected chi connectivity index (χ1v) is 10.4. The van der Waals surface area contributed by atoms with Crippen molar-refractivity contribution in [3.05, 3.63) is 77.9 Å². The van der Waals surface area contributed by atoms with E-state index in [9.17, 15) is 13.2 Å². The first-order chi connectivity index (χ1) is 13.4. The molecule has 0 aliphatic carbocycles.